The average Bonchev–Trinajstić information content (AvgIpc) is 2.91. The highest BCUT2D eigenvalue weighted by Crippen LogP contribution is 2.28. The molecular formula is C15H19N3O2. The van der Waals surface area contributed by atoms with Crippen LogP contribution < -0.4 is 0 Å². The van der Waals surface area contributed by atoms with Crippen LogP contribution in [0.25, 0.3) is 5.52 Å². The highest BCUT2D eigenvalue weighted by Gasteiger charge is 2.23. The predicted molar refractivity (Wildman–Crippen MR) is 76.0 cm³/mol. The van der Waals surface area contributed by atoms with Crippen molar-refractivity contribution < 1.29 is 9.53 Å². The van der Waals surface area contributed by atoms with Crippen LogP contribution >= 0.6 is 0 Å². The SMILES string of the molecule is COC(=O)c1cccn2c(C3CCN(C)CC3)ncc12. The highest BCUT2D eigenvalue weighted by molar-refractivity contribution is 5.96. The standard InChI is InChI=1S/C15H19N3O2/c1-17-8-5-11(6-9-17)14-16-10-13-12(15(19)20-2)4-3-7-18(13)14/h3-4,7,10-11H,5-6,8-9H2,1-2H3. The van der Waals surface area contributed by atoms with Gasteiger partial charge in [-0.1, -0.05) is 0 Å². The summed E-state index contributed by atoms with van der Waals surface area (Å²) in [5, 5.41) is 0. The number of pyridine rings is 1. The fourth-order valence-electron chi connectivity index (χ4n) is 2.89. The van der Waals surface area contributed by atoms with Gasteiger partial charge in [0.15, 0.2) is 0 Å². The topological polar surface area (TPSA) is 46.8 Å². The van der Waals surface area contributed by atoms with Crippen molar-refractivity contribution in [2.24, 2.45) is 0 Å². The fraction of sp³-hybridized carbons (Fsp3) is 0.467. The number of likely N-dealkylation sites (tertiary alicyclic amines) is 1. The Morgan fingerprint density at radius 2 is 2.15 bits per heavy atom. The molecule has 1 aliphatic rings. The van der Waals surface area contributed by atoms with Crippen LogP contribution in [0.1, 0.15) is 34.9 Å². The monoisotopic (exact) mass is 273 g/mol. The maximum Gasteiger partial charge on any atom is 0.340 e. The summed E-state index contributed by atoms with van der Waals surface area (Å²) in [6, 6.07) is 3.65. The second-order valence-corrected chi connectivity index (χ2v) is 5.36. The van der Waals surface area contributed by atoms with Gasteiger partial charge in [-0.15, -0.1) is 0 Å². The first-order valence-corrected chi connectivity index (χ1v) is 6.93. The summed E-state index contributed by atoms with van der Waals surface area (Å²) < 4.78 is 6.86. The number of hydrogen-bond acceptors (Lipinski definition) is 4. The van der Waals surface area contributed by atoms with Crippen LogP contribution in [0.3, 0.4) is 0 Å². The Bertz CT molecular complexity index is 627. The van der Waals surface area contributed by atoms with Crippen LogP contribution in [0.2, 0.25) is 0 Å². The number of rotatable bonds is 2. The lowest BCUT2D eigenvalue weighted by Crippen LogP contribution is -2.29. The second-order valence-electron chi connectivity index (χ2n) is 5.36. The molecule has 0 aromatic carbocycles. The Labute approximate surface area is 118 Å². The van der Waals surface area contributed by atoms with Crippen molar-refractivity contribution in [3.8, 4) is 0 Å². The van der Waals surface area contributed by atoms with Crippen LogP contribution in [-0.4, -0.2) is 47.5 Å². The lowest BCUT2D eigenvalue weighted by molar-refractivity contribution is 0.0602. The Morgan fingerprint density at radius 3 is 2.85 bits per heavy atom. The minimum Gasteiger partial charge on any atom is -0.465 e. The van der Waals surface area contributed by atoms with Crippen molar-refractivity contribution in [3.05, 3.63) is 35.9 Å². The van der Waals surface area contributed by atoms with Gasteiger partial charge in [-0.05, 0) is 45.1 Å². The molecule has 106 valence electrons. The van der Waals surface area contributed by atoms with Gasteiger partial charge >= 0.3 is 5.97 Å². The van der Waals surface area contributed by atoms with E-state index in [1.54, 1.807) is 12.3 Å². The third kappa shape index (κ3) is 2.18. The number of imidazole rings is 1. The highest BCUT2D eigenvalue weighted by atomic mass is 16.5. The van der Waals surface area contributed by atoms with Gasteiger partial charge in [0.05, 0.1) is 24.4 Å². The van der Waals surface area contributed by atoms with E-state index < -0.39 is 0 Å². The van der Waals surface area contributed by atoms with Crippen LogP contribution in [0.5, 0.6) is 0 Å². The summed E-state index contributed by atoms with van der Waals surface area (Å²) in [6.45, 7) is 2.19. The number of ether oxygens (including phenoxy) is 1. The molecule has 5 heteroatoms. The number of carbonyl (C=O) groups is 1. The number of hydrogen-bond donors (Lipinski definition) is 0. The Hall–Kier alpha value is -1.88. The van der Waals surface area contributed by atoms with E-state index in [4.69, 9.17) is 4.74 Å². The van der Waals surface area contributed by atoms with Crippen molar-refractivity contribution >= 4 is 11.5 Å². The van der Waals surface area contributed by atoms with E-state index >= 15 is 0 Å². The third-order valence-corrected chi connectivity index (χ3v) is 4.09. The molecule has 0 aliphatic carbocycles. The average molecular weight is 273 g/mol. The number of carbonyl (C=O) groups excluding carboxylic acids is 1. The van der Waals surface area contributed by atoms with Crippen LogP contribution in [-0.2, 0) is 4.74 Å². The summed E-state index contributed by atoms with van der Waals surface area (Å²) in [4.78, 5) is 18.7. The Kier molecular flexibility index (Phi) is 3.44. The molecule has 20 heavy (non-hydrogen) atoms. The first-order chi connectivity index (χ1) is 9.70. The van der Waals surface area contributed by atoms with Gasteiger partial charge in [0.1, 0.15) is 5.82 Å². The van der Waals surface area contributed by atoms with Gasteiger partial charge in [0, 0.05) is 12.1 Å². The van der Waals surface area contributed by atoms with Gasteiger partial charge in [-0.2, -0.15) is 0 Å². The Morgan fingerprint density at radius 1 is 1.40 bits per heavy atom. The van der Waals surface area contributed by atoms with E-state index in [9.17, 15) is 4.79 Å². The Balaban J connectivity index is 1.99. The van der Waals surface area contributed by atoms with Gasteiger partial charge < -0.3 is 14.0 Å². The van der Waals surface area contributed by atoms with Crippen LogP contribution in [0.15, 0.2) is 24.5 Å². The van der Waals surface area contributed by atoms with E-state index in [0.717, 1.165) is 37.3 Å². The fourth-order valence-corrected chi connectivity index (χ4v) is 2.89. The molecule has 1 aliphatic heterocycles. The molecule has 0 saturated carbocycles. The van der Waals surface area contributed by atoms with Crippen molar-refractivity contribution in [1.82, 2.24) is 14.3 Å². The zero-order valence-electron chi connectivity index (χ0n) is 11.9. The van der Waals surface area contributed by atoms with Crippen molar-refractivity contribution in [3.63, 3.8) is 0 Å². The van der Waals surface area contributed by atoms with Crippen molar-refractivity contribution in [1.29, 1.82) is 0 Å². The zero-order chi connectivity index (χ0) is 14.1. The molecule has 0 bridgehead atoms. The largest absolute Gasteiger partial charge is 0.465 e. The molecule has 2 aromatic heterocycles. The molecule has 3 heterocycles. The lowest BCUT2D eigenvalue weighted by Gasteiger charge is -2.28. The molecule has 2 aromatic rings. The number of esters is 1. The van der Waals surface area contributed by atoms with E-state index in [1.807, 2.05) is 16.7 Å². The molecule has 0 spiro atoms. The van der Waals surface area contributed by atoms with Crippen LogP contribution in [0.4, 0.5) is 0 Å². The van der Waals surface area contributed by atoms with Crippen LogP contribution in [0, 0.1) is 0 Å². The summed E-state index contributed by atoms with van der Waals surface area (Å²) in [5.41, 5.74) is 1.40. The number of aromatic nitrogens is 2. The molecule has 0 atom stereocenters. The maximum absolute atomic E-state index is 11.8. The summed E-state index contributed by atoms with van der Waals surface area (Å²) >= 11 is 0. The quantitative estimate of drug-likeness (QED) is 0.784. The molecule has 0 amide bonds. The molecule has 0 N–H and O–H groups in total. The number of piperidine rings is 1. The van der Waals surface area contributed by atoms with Gasteiger partial charge in [-0.3, -0.25) is 0 Å². The zero-order valence-corrected chi connectivity index (χ0v) is 11.9. The molecule has 1 saturated heterocycles. The second kappa shape index (κ2) is 5.25. The smallest absolute Gasteiger partial charge is 0.340 e. The predicted octanol–water partition coefficient (Wildman–Crippen LogP) is 1.93. The molecule has 0 unspecified atom stereocenters. The summed E-state index contributed by atoms with van der Waals surface area (Å²) in [6.07, 6.45) is 5.97. The summed E-state index contributed by atoms with van der Waals surface area (Å²) in [5.74, 6) is 1.20. The molecule has 0 radical (unpaired) electrons. The minimum atomic E-state index is -0.314. The normalized spacial score (nSPS) is 17.5. The third-order valence-electron chi connectivity index (χ3n) is 4.09. The van der Waals surface area contributed by atoms with E-state index in [-0.39, 0.29) is 5.97 Å². The van der Waals surface area contributed by atoms with Crippen molar-refractivity contribution in [2.45, 2.75) is 18.8 Å². The van der Waals surface area contributed by atoms with E-state index in [0.29, 0.717) is 11.5 Å². The van der Waals surface area contributed by atoms with Gasteiger partial charge in [0.2, 0.25) is 0 Å². The van der Waals surface area contributed by atoms with Crippen molar-refractivity contribution in [2.75, 3.05) is 27.2 Å². The first kappa shape index (κ1) is 13.1. The number of fused-ring (bicyclic) bond motifs is 1. The molecular weight excluding hydrogens is 254 g/mol. The van der Waals surface area contributed by atoms with Gasteiger partial charge in [0.25, 0.3) is 0 Å². The lowest BCUT2D eigenvalue weighted by atomic mass is 9.96. The summed E-state index contributed by atoms with van der Waals surface area (Å²) in [7, 11) is 3.55. The molecule has 1 fully saturated rings. The first-order valence-electron chi connectivity index (χ1n) is 6.93. The maximum atomic E-state index is 11.8. The number of methoxy groups -OCH3 is 1. The van der Waals surface area contributed by atoms with Gasteiger partial charge in [-0.25, -0.2) is 9.78 Å². The molecule has 5 nitrogen and oxygen atoms in total. The molecule has 3 rings (SSSR count). The van der Waals surface area contributed by atoms with E-state index in [1.165, 1.54) is 7.11 Å². The minimum absolute atomic E-state index is 0.314. The number of nitrogens with zero attached hydrogens (tertiary/aromatic N) is 3. The van der Waals surface area contributed by atoms with E-state index in [2.05, 4.69) is 16.9 Å².